The summed E-state index contributed by atoms with van der Waals surface area (Å²) in [6.45, 7) is 2.59. The van der Waals surface area contributed by atoms with Crippen molar-refractivity contribution in [2.45, 2.75) is 18.2 Å². The second-order valence-electron chi connectivity index (χ2n) is 4.04. The van der Waals surface area contributed by atoms with E-state index in [0.29, 0.717) is 11.0 Å². The number of nitrogens with zero attached hydrogens (tertiary/aromatic N) is 1. The fourth-order valence-corrected chi connectivity index (χ4v) is 3.09. The molecule has 108 valence electrons. The zero-order valence-corrected chi connectivity index (χ0v) is 13.9. The number of benzene rings is 1. The van der Waals surface area contributed by atoms with Crippen molar-refractivity contribution >= 4 is 41.6 Å². The maximum Gasteiger partial charge on any atom is 0.261 e. The van der Waals surface area contributed by atoms with Crippen LogP contribution in [0.3, 0.4) is 0 Å². The summed E-state index contributed by atoms with van der Waals surface area (Å²) < 4.78 is 23.2. The highest BCUT2D eigenvalue weighted by Crippen LogP contribution is 2.23. The number of hydrogen-bond acceptors (Lipinski definition) is 3. The van der Waals surface area contributed by atoms with Crippen LogP contribution < -0.4 is 0 Å². The van der Waals surface area contributed by atoms with Crippen LogP contribution in [0.25, 0.3) is 0 Å². The third kappa shape index (κ3) is 4.51. The Morgan fingerprint density at radius 3 is 2.60 bits per heavy atom. The number of terminal acetylenes is 1. The standard InChI is InChI=1S/C13H13BrClNO3S/c1-3-5-16(6-4-2)13(17)10-7-11(14)9-12(8-10)20(15,18)19/h1,7-9H,4-6H2,2H3. The summed E-state index contributed by atoms with van der Waals surface area (Å²) in [5.41, 5.74) is 0.224. The minimum absolute atomic E-state index is 0.131. The third-order valence-electron chi connectivity index (χ3n) is 2.46. The largest absolute Gasteiger partial charge is 0.328 e. The zero-order chi connectivity index (χ0) is 15.3. The van der Waals surface area contributed by atoms with E-state index in [1.807, 2.05) is 6.92 Å². The first-order chi connectivity index (χ1) is 9.29. The van der Waals surface area contributed by atoms with Crippen LogP contribution in [0.15, 0.2) is 27.6 Å². The van der Waals surface area contributed by atoms with Crippen LogP contribution in [0.2, 0.25) is 0 Å². The molecule has 20 heavy (non-hydrogen) atoms. The number of carbonyl (C=O) groups is 1. The van der Waals surface area contributed by atoms with E-state index in [9.17, 15) is 13.2 Å². The Bertz CT molecular complexity index is 652. The third-order valence-corrected chi connectivity index (χ3v) is 4.25. The Morgan fingerprint density at radius 2 is 2.10 bits per heavy atom. The van der Waals surface area contributed by atoms with Crippen LogP contribution in [-0.2, 0) is 9.05 Å². The van der Waals surface area contributed by atoms with Crippen molar-refractivity contribution in [3.05, 3.63) is 28.2 Å². The second kappa shape index (κ2) is 7.11. The van der Waals surface area contributed by atoms with E-state index in [0.717, 1.165) is 6.42 Å². The summed E-state index contributed by atoms with van der Waals surface area (Å²) in [4.78, 5) is 13.7. The summed E-state index contributed by atoms with van der Waals surface area (Å²) in [7, 11) is 1.40. The molecule has 1 rings (SSSR count). The molecule has 1 aromatic carbocycles. The Balaban J connectivity index is 3.22. The molecule has 4 nitrogen and oxygen atoms in total. The molecule has 0 aromatic heterocycles. The summed E-state index contributed by atoms with van der Waals surface area (Å²) >= 11 is 3.17. The van der Waals surface area contributed by atoms with Crippen LogP contribution in [0.5, 0.6) is 0 Å². The van der Waals surface area contributed by atoms with Gasteiger partial charge in [-0.15, -0.1) is 6.42 Å². The molecular formula is C13H13BrClNO3S. The van der Waals surface area contributed by atoms with Crippen molar-refractivity contribution in [3.63, 3.8) is 0 Å². The predicted octanol–water partition coefficient (Wildman–Crippen LogP) is 2.86. The molecule has 0 fully saturated rings. The van der Waals surface area contributed by atoms with Gasteiger partial charge in [-0.25, -0.2) is 8.42 Å². The molecule has 0 heterocycles. The van der Waals surface area contributed by atoms with Crippen LogP contribution in [0.4, 0.5) is 0 Å². The van der Waals surface area contributed by atoms with Gasteiger partial charge >= 0.3 is 0 Å². The van der Waals surface area contributed by atoms with E-state index >= 15 is 0 Å². The number of amides is 1. The first-order valence-corrected chi connectivity index (χ1v) is 8.87. The fourth-order valence-electron chi connectivity index (χ4n) is 1.64. The van der Waals surface area contributed by atoms with Gasteiger partial charge in [-0.05, 0) is 24.6 Å². The molecule has 0 saturated carbocycles. The molecule has 0 atom stereocenters. The number of carbonyl (C=O) groups excluding carboxylic acids is 1. The second-order valence-corrected chi connectivity index (χ2v) is 7.53. The summed E-state index contributed by atoms with van der Waals surface area (Å²) in [5, 5.41) is 0. The molecule has 0 aliphatic rings. The van der Waals surface area contributed by atoms with Gasteiger partial charge in [-0.3, -0.25) is 4.79 Å². The number of rotatable bonds is 5. The lowest BCUT2D eigenvalue weighted by molar-refractivity contribution is 0.0776. The Kier molecular flexibility index (Phi) is 6.06. The molecule has 0 aliphatic carbocycles. The molecule has 1 amide bonds. The molecule has 7 heteroatoms. The lowest BCUT2D eigenvalue weighted by atomic mass is 10.2. The Hall–Kier alpha value is -1.03. The highest BCUT2D eigenvalue weighted by Gasteiger charge is 2.18. The van der Waals surface area contributed by atoms with Crippen LogP contribution in [-0.4, -0.2) is 32.3 Å². The Labute approximate surface area is 131 Å². The molecule has 0 N–H and O–H groups in total. The van der Waals surface area contributed by atoms with E-state index in [2.05, 4.69) is 21.9 Å². The lowest BCUT2D eigenvalue weighted by Gasteiger charge is -2.19. The van der Waals surface area contributed by atoms with Gasteiger partial charge in [-0.2, -0.15) is 0 Å². The molecule has 1 aromatic rings. The predicted molar refractivity (Wildman–Crippen MR) is 82.2 cm³/mol. The quantitative estimate of drug-likeness (QED) is 0.585. The van der Waals surface area contributed by atoms with E-state index in [-0.39, 0.29) is 22.9 Å². The average molecular weight is 379 g/mol. The van der Waals surface area contributed by atoms with Crippen LogP contribution >= 0.6 is 26.6 Å². The van der Waals surface area contributed by atoms with E-state index in [4.69, 9.17) is 17.1 Å². The van der Waals surface area contributed by atoms with Gasteiger partial charge in [-0.1, -0.05) is 28.8 Å². The number of hydrogen-bond donors (Lipinski definition) is 0. The zero-order valence-electron chi connectivity index (χ0n) is 10.8. The fraction of sp³-hybridized carbons (Fsp3) is 0.308. The van der Waals surface area contributed by atoms with Gasteiger partial charge in [0.25, 0.3) is 15.0 Å². The van der Waals surface area contributed by atoms with Gasteiger partial charge in [0.1, 0.15) is 0 Å². The minimum atomic E-state index is -3.90. The SMILES string of the molecule is C#CCN(CCC)C(=O)c1cc(Br)cc(S(=O)(=O)Cl)c1. The van der Waals surface area contributed by atoms with Crippen molar-refractivity contribution in [1.29, 1.82) is 0 Å². The van der Waals surface area contributed by atoms with Crippen LogP contribution in [0.1, 0.15) is 23.7 Å². The maximum atomic E-state index is 12.3. The first kappa shape index (κ1) is 17.0. The van der Waals surface area contributed by atoms with Crippen molar-refractivity contribution in [3.8, 4) is 12.3 Å². The molecule has 0 radical (unpaired) electrons. The minimum Gasteiger partial charge on any atom is -0.328 e. The van der Waals surface area contributed by atoms with E-state index in [1.165, 1.54) is 23.1 Å². The van der Waals surface area contributed by atoms with Crippen molar-refractivity contribution < 1.29 is 13.2 Å². The van der Waals surface area contributed by atoms with Crippen molar-refractivity contribution in [2.75, 3.05) is 13.1 Å². The smallest absolute Gasteiger partial charge is 0.261 e. The van der Waals surface area contributed by atoms with Crippen LogP contribution in [0, 0.1) is 12.3 Å². The number of halogens is 2. The van der Waals surface area contributed by atoms with Crippen molar-refractivity contribution in [2.24, 2.45) is 0 Å². The molecular weight excluding hydrogens is 366 g/mol. The topological polar surface area (TPSA) is 54.5 Å². The van der Waals surface area contributed by atoms with Gasteiger partial charge in [0.2, 0.25) is 0 Å². The summed E-state index contributed by atoms with van der Waals surface area (Å²) in [6.07, 6.45) is 5.99. The summed E-state index contributed by atoms with van der Waals surface area (Å²) in [6, 6.07) is 4.12. The maximum absolute atomic E-state index is 12.3. The molecule has 0 saturated heterocycles. The normalized spacial score (nSPS) is 10.9. The Morgan fingerprint density at radius 1 is 1.45 bits per heavy atom. The van der Waals surface area contributed by atoms with Gasteiger partial charge in [0, 0.05) is 27.3 Å². The highest BCUT2D eigenvalue weighted by atomic mass is 79.9. The van der Waals surface area contributed by atoms with E-state index in [1.54, 1.807) is 0 Å². The summed E-state index contributed by atoms with van der Waals surface area (Å²) in [5.74, 6) is 2.09. The van der Waals surface area contributed by atoms with Gasteiger partial charge < -0.3 is 4.90 Å². The first-order valence-electron chi connectivity index (χ1n) is 5.77. The average Bonchev–Trinajstić information content (AvgIpc) is 2.36. The van der Waals surface area contributed by atoms with Crippen molar-refractivity contribution in [1.82, 2.24) is 4.90 Å². The highest BCUT2D eigenvalue weighted by molar-refractivity contribution is 9.10. The van der Waals surface area contributed by atoms with Gasteiger partial charge in [0.05, 0.1) is 11.4 Å². The molecule has 0 aliphatic heterocycles. The van der Waals surface area contributed by atoms with Gasteiger partial charge in [0.15, 0.2) is 0 Å². The monoisotopic (exact) mass is 377 g/mol. The molecule has 0 unspecified atom stereocenters. The molecule has 0 bridgehead atoms. The lowest BCUT2D eigenvalue weighted by Crippen LogP contribution is -2.32. The molecule has 0 spiro atoms. The van der Waals surface area contributed by atoms with E-state index < -0.39 is 9.05 Å².